The first-order chi connectivity index (χ1) is 8.87. The van der Waals surface area contributed by atoms with E-state index in [1.54, 1.807) is 0 Å². The second kappa shape index (κ2) is 6.13. The monoisotopic (exact) mass is 266 g/mol. The summed E-state index contributed by atoms with van der Waals surface area (Å²) in [5, 5.41) is 0. The van der Waals surface area contributed by atoms with Crippen LogP contribution in [0.2, 0.25) is 0 Å². The molecule has 2 nitrogen and oxygen atoms in total. The van der Waals surface area contributed by atoms with E-state index in [1.807, 2.05) is 0 Å². The van der Waals surface area contributed by atoms with Gasteiger partial charge in [-0.25, -0.2) is 0 Å². The lowest BCUT2D eigenvalue weighted by molar-refractivity contribution is 0.109. The van der Waals surface area contributed by atoms with Crippen LogP contribution in [0.4, 0.5) is 0 Å². The molecule has 0 amide bonds. The van der Waals surface area contributed by atoms with Gasteiger partial charge in [0.1, 0.15) is 0 Å². The van der Waals surface area contributed by atoms with Crippen molar-refractivity contribution in [1.82, 2.24) is 4.90 Å². The Labute approximate surface area is 120 Å². The Bertz CT molecular complexity index is 281. The summed E-state index contributed by atoms with van der Waals surface area (Å²) in [6.45, 7) is 12.0. The fraction of sp³-hybridized carbons (Fsp3) is 1.00. The van der Waals surface area contributed by atoms with E-state index in [2.05, 4.69) is 32.6 Å². The van der Waals surface area contributed by atoms with E-state index in [4.69, 9.17) is 5.73 Å². The van der Waals surface area contributed by atoms with Crippen molar-refractivity contribution in [2.24, 2.45) is 23.0 Å². The largest absolute Gasteiger partial charge is 0.327 e. The minimum absolute atomic E-state index is 0.438. The van der Waals surface area contributed by atoms with Gasteiger partial charge in [0.2, 0.25) is 0 Å². The van der Waals surface area contributed by atoms with Crippen molar-refractivity contribution in [3.63, 3.8) is 0 Å². The van der Waals surface area contributed by atoms with Gasteiger partial charge in [-0.15, -0.1) is 0 Å². The maximum absolute atomic E-state index is 6.40. The minimum atomic E-state index is 0.438. The Hall–Kier alpha value is -0.0800. The molecule has 0 heterocycles. The lowest BCUT2D eigenvalue weighted by Gasteiger charge is -2.41. The zero-order valence-corrected chi connectivity index (χ0v) is 13.5. The smallest absolute Gasteiger partial charge is 0.00965 e. The van der Waals surface area contributed by atoms with Crippen LogP contribution in [0, 0.1) is 17.3 Å². The second-order valence-corrected chi connectivity index (χ2v) is 8.24. The Balaban J connectivity index is 1.88. The molecule has 2 rings (SSSR count). The van der Waals surface area contributed by atoms with E-state index >= 15 is 0 Å². The van der Waals surface area contributed by atoms with Gasteiger partial charge in [-0.05, 0) is 62.3 Å². The summed E-state index contributed by atoms with van der Waals surface area (Å²) < 4.78 is 0. The molecule has 2 unspecified atom stereocenters. The van der Waals surface area contributed by atoms with E-state index in [0.29, 0.717) is 11.5 Å². The molecule has 0 saturated heterocycles. The lowest BCUT2D eigenvalue weighted by Crippen LogP contribution is -2.46. The van der Waals surface area contributed by atoms with E-state index in [-0.39, 0.29) is 0 Å². The Morgan fingerprint density at radius 1 is 1.21 bits per heavy atom. The molecular formula is C17H34N2. The Morgan fingerprint density at radius 2 is 1.89 bits per heavy atom. The molecule has 2 aliphatic carbocycles. The minimum Gasteiger partial charge on any atom is -0.327 e. The highest BCUT2D eigenvalue weighted by atomic mass is 15.2. The van der Waals surface area contributed by atoms with Crippen LogP contribution in [0.25, 0.3) is 0 Å². The summed E-state index contributed by atoms with van der Waals surface area (Å²) in [5.74, 6) is 1.54. The van der Waals surface area contributed by atoms with Crippen molar-refractivity contribution >= 4 is 0 Å². The van der Waals surface area contributed by atoms with Gasteiger partial charge in [-0.1, -0.05) is 27.7 Å². The van der Waals surface area contributed by atoms with Crippen LogP contribution in [0.5, 0.6) is 0 Å². The highest BCUT2D eigenvalue weighted by Gasteiger charge is 2.37. The first kappa shape index (κ1) is 15.3. The summed E-state index contributed by atoms with van der Waals surface area (Å²) in [6, 6.07) is 1.32. The van der Waals surface area contributed by atoms with Gasteiger partial charge in [-0.3, -0.25) is 0 Å². The number of nitrogens with two attached hydrogens (primary N) is 1. The topological polar surface area (TPSA) is 29.3 Å². The van der Waals surface area contributed by atoms with Gasteiger partial charge in [0.15, 0.2) is 0 Å². The molecule has 0 spiro atoms. The number of nitrogens with zero attached hydrogens (tertiary/aromatic N) is 1. The molecule has 0 radical (unpaired) electrons. The van der Waals surface area contributed by atoms with Crippen LogP contribution in [-0.2, 0) is 0 Å². The molecule has 19 heavy (non-hydrogen) atoms. The highest BCUT2D eigenvalue weighted by Crippen LogP contribution is 2.39. The number of hydrogen-bond donors (Lipinski definition) is 1. The fourth-order valence-corrected chi connectivity index (χ4v) is 3.54. The average Bonchev–Trinajstić information content (AvgIpc) is 3.12. The van der Waals surface area contributed by atoms with Crippen molar-refractivity contribution in [3.05, 3.63) is 0 Å². The summed E-state index contributed by atoms with van der Waals surface area (Å²) in [4.78, 5) is 2.76. The van der Waals surface area contributed by atoms with Gasteiger partial charge >= 0.3 is 0 Å². The summed E-state index contributed by atoms with van der Waals surface area (Å²) in [5.41, 5.74) is 6.91. The molecule has 112 valence electrons. The number of rotatable bonds is 6. The fourth-order valence-electron chi connectivity index (χ4n) is 3.54. The molecule has 0 aromatic heterocycles. The van der Waals surface area contributed by atoms with Crippen LogP contribution in [-0.4, -0.2) is 30.1 Å². The third-order valence-corrected chi connectivity index (χ3v) is 5.10. The normalized spacial score (nSPS) is 31.1. The standard InChI is InChI=1S/C17H34N2/c1-13(2)8-10-19(15-5-6-15)12-14-11-17(3,4)9-7-16(14)18/h13-16H,5-12,18H2,1-4H3. The molecule has 2 saturated carbocycles. The zero-order valence-electron chi connectivity index (χ0n) is 13.5. The molecule has 2 atom stereocenters. The lowest BCUT2D eigenvalue weighted by atomic mass is 9.70. The first-order valence-electron chi connectivity index (χ1n) is 8.37. The molecule has 2 aliphatic rings. The Morgan fingerprint density at radius 3 is 2.47 bits per heavy atom. The van der Waals surface area contributed by atoms with Crippen LogP contribution in [0.3, 0.4) is 0 Å². The van der Waals surface area contributed by atoms with Gasteiger partial charge in [0, 0.05) is 18.6 Å². The van der Waals surface area contributed by atoms with Crippen LogP contribution in [0.15, 0.2) is 0 Å². The molecule has 2 heteroatoms. The van der Waals surface area contributed by atoms with Crippen molar-refractivity contribution in [2.75, 3.05) is 13.1 Å². The van der Waals surface area contributed by atoms with Crippen molar-refractivity contribution in [3.8, 4) is 0 Å². The highest BCUT2D eigenvalue weighted by molar-refractivity contribution is 4.92. The van der Waals surface area contributed by atoms with Crippen molar-refractivity contribution in [1.29, 1.82) is 0 Å². The third-order valence-electron chi connectivity index (χ3n) is 5.10. The maximum Gasteiger partial charge on any atom is 0.00965 e. The van der Waals surface area contributed by atoms with Crippen molar-refractivity contribution in [2.45, 2.75) is 78.3 Å². The molecule has 0 aromatic carbocycles. The number of hydrogen-bond acceptors (Lipinski definition) is 2. The van der Waals surface area contributed by atoms with E-state index in [0.717, 1.165) is 17.9 Å². The molecule has 0 bridgehead atoms. The SMILES string of the molecule is CC(C)CCN(CC1CC(C)(C)CCC1N)C1CC1. The Kier molecular flexibility index (Phi) is 4.94. The van der Waals surface area contributed by atoms with E-state index < -0.39 is 0 Å². The maximum atomic E-state index is 6.40. The van der Waals surface area contributed by atoms with E-state index in [9.17, 15) is 0 Å². The summed E-state index contributed by atoms with van der Waals surface area (Å²) >= 11 is 0. The van der Waals surface area contributed by atoms with Crippen LogP contribution in [0.1, 0.15) is 66.2 Å². The zero-order chi connectivity index (χ0) is 14.0. The average molecular weight is 266 g/mol. The first-order valence-corrected chi connectivity index (χ1v) is 8.37. The third kappa shape index (κ3) is 4.75. The van der Waals surface area contributed by atoms with Gasteiger partial charge in [0.25, 0.3) is 0 Å². The van der Waals surface area contributed by atoms with Gasteiger partial charge in [-0.2, -0.15) is 0 Å². The van der Waals surface area contributed by atoms with Gasteiger partial charge in [0.05, 0.1) is 0 Å². The van der Waals surface area contributed by atoms with Crippen molar-refractivity contribution < 1.29 is 0 Å². The second-order valence-electron chi connectivity index (χ2n) is 8.24. The molecular weight excluding hydrogens is 232 g/mol. The van der Waals surface area contributed by atoms with Crippen LogP contribution < -0.4 is 5.73 Å². The molecule has 2 N–H and O–H groups in total. The quantitative estimate of drug-likeness (QED) is 0.795. The molecule has 0 aliphatic heterocycles. The molecule has 2 fully saturated rings. The van der Waals surface area contributed by atoms with Crippen LogP contribution >= 0.6 is 0 Å². The van der Waals surface area contributed by atoms with E-state index in [1.165, 1.54) is 51.6 Å². The van der Waals surface area contributed by atoms with Gasteiger partial charge < -0.3 is 10.6 Å². The summed E-state index contributed by atoms with van der Waals surface area (Å²) in [7, 11) is 0. The molecule has 0 aromatic rings. The predicted octanol–water partition coefficient (Wildman–Crippen LogP) is 3.65. The predicted molar refractivity (Wildman–Crippen MR) is 83.1 cm³/mol. The summed E-state index contributed by atoms with van der Waals surface area (Å²) in [6.07, 6.45) is 8.02.